The van der Waals surface area contributed by atoms with Crippen molar-refractivity contribution in [1.29, 1.82) is 0 Å². The van der Waals surface area contributed by atoms with Gasteiger partial charge in [-0.3, -0.25) is 9.79 Å². The van der Waals surface area contributed by atoms with Gasteiger partial charge in [0.15, 0.2) is 5.96 Å². The number of nitrogens with two attached hydrogens (primary N) is 1. The molecule has 0 atom stereocenters. The molecule has 1 heterocycles. The summed E-state index contributed by atoms with van der Waals surface area (Å²) in [6.45, 7) is 2.33. The molecule has 2 fully saturated rings. The average molecular weight is 280 g/mol. The fourth-order valence-corrected chi connectivity index (χ4v) is 3.08. The molecule has 0 aromatic heterocycles. The Hall–Kier alpha value is -1.26. The van der Waals surface area contributed by atoms with Gasteiger partial charge in [0.05, 0.1) is 6.54 Å². The topological polar surface area (TPSA) is 70.7 Å². The number of nitrogens with one attached hydrogen (secondary N) is 1. The Morgan fingerprint density at radius 1 is 1.10 bits per heavy atom. The molecule has 1 saturated carbocycles. The van der Waals surface area contributed by atoms with Crippen molar-refractivity contribution in [3.05, 3.63) is 0 Å². The van der Waals surface area contributed by atoms with E-state index in [0.717, 1.165) is 25.9 Å². The number of nitrogens with zero attached hydrogens (tertiary/aromatic N) is 2. The summed E-state index contributed by atoms with van der Waals surface area (Å²) < 4.78 is 0. The van der Waals surface area contributed by atoms with Crippen LogP contribution in [0, 0.1) is 0 Å². The van der Waals surface area contributed by atoms with Crippen LogP contribution in [0.25, 0.3) is 0 Å². The zero-order valence-electron chi connectivity index (χ0n) is 12.4. The van der Waals surface area contributed by atoms with Crippen LogP contribution in [0.5, 0.6) is 0 Å². The van der Waals surface area contributed by atoms with Crippen LogP contribution in [0.2, 0.25) is 0 Å². The molecule has 2 aliphatic rings. The molecule has 1 aliphatic carbocycles. The van der Waals surface area contributed by atoms with E-state index in [-0.39, 0.29) is 5.91 Å². The molecule has 2 rings (SSSR count). The van der Waals surface area contributed by atoms with Crippen LogP contribution in [-0.4, -0.2) is 42.4 Å². The second-order valence-corrected chi connectivity index (χ2v) is 5.94. The number of carbonyl (C=O) groups is 1. The monoisotopic (exact) mass is 280 g/mol. The van der Waals surface area contributed by atoms with Gasteiger partial charge in [-0.05, 0) is 32.1 Å². The molecule has 3 N–H and O–H groups in total. The van der Waals surface area contributed by atoms with Crippen LogP contribution in [0.3, 0.4) is 0 Å². The molecular weight excluding hydrogens is 252 g/mol. The highest BCUT2D eigenvalue weighted by molar-refractivity contribution is 5.79. The number of hydrogen-bond donors (Lipinski definition) is 2. The van der Waals surface area contributed by atoms with Crippen molar-refractivity contribution >= 4 is 11.9 Å². The molecule has 0 unspecified atom stereocenters. The van der Waals surface area contributed by atoms with E-state index in [1.54, 1.807) is 0 Å². The zero-order chi connectivity index (χ0) is 14.2. The highest BCUT2D eigenvalue weighted by Crippen LogP contribution is 2.17. The summed E-state index contributed by atoms with van der Waals surface area (Å²) in [6.07, 6.45) is 10.3. The first kappa shape index (κ1) is 15.1. The van der Waals surface area contributed by atoms with Crippen LogP contribution in [0.15, 0.2) is 4.99 Å². The van der Waals surface area contributed by atoms with Crippen molar-refractivity contribution in [3.8, 4) is 0 Å². The first-order valence-electron chi connectivity index (χ1n) is 8.10. The first-order chi connectivity index (χ1) is 9.75. The number of amides is 1. The lowest BCUT2D eigenvalue weighted by Crippen LogP contribution is -2.41. The predicted octanol–water partition coefficient (Wildman–Crippen LogP) is 1.63. The van der Waals surface area contributed by atoms with Gasteiger partial charge in [0.2, 0.25) is 5.91 Å². The number of aliphatic imine (C=N–C) groups is 1. The van der Waals surface area contributed by atoms with Crippen molar-refractivity contribution < 1.29 is 4.79 Å². The van der Waals surface area contributed by atoms with E-state index in [0.29, 0.717) is 25.0 Å². The first-order valence-corrected chi connectivity index (χ1v) is 8.10. The molecule has 20 heavy (non-hydrogen) atoms. The highest BCUT2D eigenvalue weighted by Gasteiger charge is 2.16. The number of carbonyl (C=O) groups excluding carboxylic acids is 1. The molecule has 1 saturated heterocycles. The number of hydrogen-bond acceptors (Lipinski definition) is 2. The smallest absolute Gasteiger partial charge is 0.224 e. The quantitative estimate of drug-likeness (QED) is 0.607. The highest BCUT2D eigenvalue weighted by atomic mass is 16.2. The van der Waals surface area contributed by atoms with Gasteiger partial charge < -0.3 is 16.0 Å². The summed E-state index contributed by atoms with van der Waals surface area (Å²) in [5, 5.41) is 3.27. The van der Waals surface area contributed by atoms with Crippen molar-refractivity contribution in [2.45, 2.75) is 63.8 Å². The summed E-state index contributed by atoms with van der Waals surface area (Å²) in [5.74, 6) is 0.724. The fraction of sp³-hybridized carbons (Fsp3) is 0.867. The van der Waals surface area contributed by atoms with E-state index in [2.05, 4.69) is 10.3 Å². The van der Waals surface area contributed by atoms with Crippen molar-refractivity contribution in [2.24, 2.45) is 10.7 Å². The molecule has 0 spiro atoms. The lowest BCUT2D eigenvalue weighted by molar-refractivity contribution is -0.131. The Balaban J connectivity index is 1.64. The Bertz CT molecular complexity index is 331. The molecule has 5 nitrogen and oxygen atoms in total. The van der Waals surface area contributed by atoms with E-state index >= 15 is 0 Å². The molecule has 0 aromatic carbocycles. The largest absolute Gasteiger partial charge is 0.370 e. The minimum atomic E-state index is 0.221. The van der Waals surface area contributed by atoms with E-state index in [9.17, 15) is 4.79 Å². The van der Waals surface area contributed by atoms with Gasteiger partial charge in [-0.15, -0.1) is 0 Å². The van der Waals surface area contributed by atoms with Crippen LogP contribution in [0.1, 0.15) is 57.8 Å². The number of rotatable bonds is 4. The molecule has 5 heteroatoms. The average Bonchev–Trinajstić information content (AvgIpc) is 2.49. The van der Waals surface area contributed by atoms with E-state index in [4.69, 9.17) is 5.73 Å². The van der Waals surface area contributed by atoms with E-state index in [1.807, 2.05) is 4.90 Å². The van der Waals surface area contributed by atoms with Crippen LogP contribution in [-0.2, 0) is 4.79 Å². The standard InChI is InChI=1S/C15H28N4O/c16-15(18-13-7-3-1-4-8-13)17-10-9-14(20)19-11-5-2-6-12-19/h13H,1-12H2,(H3,16,17,18). The Morgan fingerprint density at radius 3 is 2.45 bits per heavy atom. The van der Waals surface area contributed by atoms with Gasteiger partial charge in [-0.25, -0.2) is 0 Å². The maximum atomic E-state index is 12.0. The van der Waals surface area contributed by atoms with Crippen LogP contribution >= 0.6 is 0 Å². The van der Waals surface area contributed by atoms with Gasteiger partial charge in [0, 0.05) is 25.6 Å². The Kier molecular flexibility index (Phi) is 6.15. The van der Waals surface area contributed by atoms with E-state index < -0.39 is 0 Å². The summed E-state index contributed by atoms with van der Waals surface area (Å²) in [7, 11) is 0. The maximum Gasteiger partial charge on any atom is 0.224 e. The van der Waals surface area contributed by atoms with Crippen molar-refractivity contribution in [3.63, 3.8) is 0 Å². The second kappa shape index (κ2) is 8.12. The number of guanidine groups is 1. The molecule has 0 radical (unpaired) electrons. The summed E-state index contributed by atoms with van der Waals surface area (Å²) in [5.41, 5.74) is 5.88. The fourth-order valence-electron chi connectivity index (χ4n) is 3.08. The summed E-state index contributed by atoms with van der Waals surface area (Å²) >= 11 is 0. The van der Waals surface area contributed by atoms with Gasteiger partial charge in [-0.1, -0.05) is 19.3 Å². The molecule has 0 aromatic rings. The van der Waals surface area contributed by atoms with E-state index in [1.165, 1.54) is 38.5 Å². The number of likely N-dealkylation sites (tertiary alicyclic amines) is 1. The minimum Gasteiger partial charge on any atom is -0.370 e. The van der Waals surface area contributed by atoms with Crippen molar-refractivity contribution in [2.75, 3.05) is 19.6 Å². The SMILES string of the molecule is NC(=NCCC(=O)N1CCCCC1)NC1CCCCC1. The predicted molar refractivity (Wildman–Crippen MR) is 81.5 cm³/mol. The molecule has 1 amide bonds. The zero-order valence-corrected chi connectivity index (χ0v) is 12.4. The van der Waals surface area contributed by atoms with Crippen molar-refractivity contribution in [1.82, 2.24) is 10.2 Å². The Morgan fingerprint density at radius 2 is 1.75 bits per heavy atom. The molecular formula is C15H28N4O. The lowest BCUT2D eigenvalue weighted by atomic mass is 9.96. The van der Waals surface area contributed by atoms with Gasteiger partial charge >= 0.3 is 0 Å². The molecule has 1 aliphatic heterocycles. The van der Waals surface area contributed by atoms with Gasteiger partial charge in [-0.2, -0.15) is 0 Å². The lowest BCUT2D eigenvalue weighted by Gasteiger charge is -2.26. The third kappa shape index (κ3) is 5.02. The normalized spacial score (nSPS) is 21.8. The minimum absolute atomic E-state index is 0.221. The van der Waals surface area contributed by atoms with Gasteiger partial charge in [0.1, 0.15) is 0 Å². The summed E-state index contributed by atoms with van der Waals surface area (Å²) in [4.78, 5) is 18.2. The van der Waals surface area contributed by atoms with Crippen LogP contribution < -0.4 is 11.1 Å². The molecule has 0 bridgehead atoms. The number of piperidine rings is 1. The third-order valence-electron chi connectivity index (χ3n) is 4.27. The summed E-state index contributed by atoms with van der Waals surface area (Å²) in [6, 6.07) is 0.477. The van der Waals surface area contributed by atoms with Crippen LogP contribution in [0.4, 0.5) is 0 Å². The Labute approximate surface area is 122 Å². The van der Waals surface area contributed by atoms with Gasteiger partial charge in [0.25, 0.3) is 0 Å². The third-order valence-corrected chi connectivity index (χ3v) is 4.27. The molecule has 114 valence electrons. The maximum absolute atomic E-state index is 12.0. The second-order valence-electron chi connectivity index (χ2n) is 5.94.